The number of hydrogen-bond donors (Lipinski definition) is 3. The molecule has 0 saturated carbocycles. The van der Waals surface area contributed by atoms with Crippen LogP contribution in [-0.4, -0.2) is 29.5 Å². The lowest BCUT2D eigenvalue weighted by Gasteiger charge is -2.14. The van der Waals surface area contributed by atoms with Crippen LogP contribution in [0.3, 0.4) is 0 Å². The fraction of sp³-hybridized carbons (Fsp3) is 0.333. The van der Waals surface area contributed by atoms with E-state index in [0.717, 1.165) is 0 Å². The van der Waals surface area contributed by atoms with Crippen LogP contribution in [0.15, 0.2) is 15.0 Å². The number of aliphatic hydroxyl groups is 2. The van der Waals surface area contributed by atoms with Gasteiger partial charge in [-0.2, -0.15) is 0 Å². The van der Waals surface area contributed by atoms with Gasteiger partial charge in [0.05, 0.1) is 37.4 Å². The minimum atomic E-state index is -0.826. The summed E-state index contributed by atoms with van der Waals surface area (Å²) in [7, 11) is 0. The summed E-state index contributed by atoms with van der Waals surface area (Å²) in [5, 5.41) is 21.7. The van der Waals surface area contributed by atoms with Crippen LogP contribution in [0, 0.1) is 0 Å². The van der Waals surface area contributed by atoms with Crippen molar-refractivity contribution in [1.29, 1.82) is 0 Å². The molecule has 0 radical (unpaired) electrons. The number of anilines is 1. The molecule has 3 nitrogen and oxygen atoms in total. The highest BCUT2D eigenvalue weighted by molar-refractivity contribution is 9.11. The largest absolute Gasteiger partial charge is 0.394 e. The topological polar surface area (TPSA) is 52.5 Å². The van der Waals surface area contributed by atoms with Crippen LogP contribution in [0.1, 0.15) is 0 Å². The molecule has 1 rings (SSSR count). The van der Waals surface area contributed by atoms with Gasteiger partial charge in [-0.25, -0.2) is 0 Å². The maximum atomic E-state index is 9.20. The molecule has 0 saturated heterocycles. The SMILES string of the molecule is OCC(O)CNc1cc(Cl)c(Br)c(Cl)c1Br. The van der Waals surface area contributed by atoms with E-state index in [1.807, 2.05) is 0 Å². The summed E-state index contributed by atoms with van der Waals surface area (Å²) in [4.78, 5) is 0. The minimum Gasteiger partial charge on any atom is -0.394 e. The normalized spacial score (nSPS) is 12.6. The van der Waals surface area contributed by atoms with Crippen molar-refractivity contribution in [2.75, 3.05) is 18.5 Å². The van der Waals surface area contributed by atoms with Crippen molar-refractivity contribution in [3.8, 4) is 0 Å². The van der Waals surface area contributed by atoms with Gasteiger partial charge in [-0.15, -0.1) is 0 Å². The van der Waals surface area contributed by atoms with E-state index in [1.165, 1.54) is 0 Å². The molecule has 7 heteroatoms. The minimum absolute atomic E-state index is 0.212. The van der Waals surface area contributed by atoms with Crippen molar-refractivity contribution >= 4 is 60.7 Å². The van der Waals surface area contributed by atoms with E-state index in [0.29, 0.717) is 24.7 Å². The molecule has 0 aliphatic carbocycles. The Kier molecular flexibility index (Phi) is 5.84. The molecule has 1 aromatic rings. The highest BCUT2D eigenvalue weighted by Gasteiger charge is 2.13. The molecule has 0 aliphatic heterocycles. The molecule has 1 unspecified atom stereocenters. The summed E-state index contributed by atoms with van der Waals surface area (Å²) in [6.07, 6.45) is -0.826. The molecule has 0 aliphatic rings. The molecule has 0 amide bonds. The summed E-state index contributed by atoms with van der Waals surface area (Å²) >= 11 is 18.5. The summed E-state index contributed by atoms with van der Waals surface area (Å²) in [6.45, 7) is -0.0913. The zero-order valence-corrected chi connectivity index (χ0v) is 12.7. The lowest BCUT2D eigenvalue weighted by Crippen LogP contribution is -2.23. The lowest BCUT2D eigenvalue weighted by molar-refractivity contribution is 0.105. The molecular weight excluding hydrogens is 385 g/mol. The smallest absolute Gasteiger partial charge is 0.0942 e. The summed E-state index contributed by atoms with van der Waals surface area (Å²) in [6, 6.07) is 1.67. The average molecular weight is 394 g/mol. The second-order valence-electron chi connectivity index (χ2n) is 3.07. The Bertz CT molecular complexity index is 390. The van der Waals surface area contributed by atoms with Crippen molar-refractivity contribution in [2.24, 2.45) is 0 Å². The van der Waals surface area contributed by atoms with Crippen molar-refractivity contribution in [2.45, 2.75) is 6.10 Å². The third kappa shape index (κ3) is 3.48. The summed E-state index contributed by atoms with van der Waals surface area (Å²) < 4.78 is 1.26. The predicted octanol–water partition coefficient (Wildman–Crippen LogP) is 3.28. The third-order valence-corrected chi connectivity index (χ3v) is 4.85. The molecule has 3 N–H and O–H groups in total. The Hall–Kier alpha value is 0.480. The quantitative estimate of drug-likeness (QED) is 0.543. The van der Waals surface area contributed by atoms with Crippen LogP contribution < -0.4 is 5.32 Å². The van der Waals surface area contributed by atoms with Crippen LogP contribution in [0.25, 0.3) is 0 Å². The number of nitrogens with one attached hydrogen (secondary N) is 1. The Labute approximate surface area is 120 Å². The van der Waals surface area contributed by atoms with Crippen LogP contribution in [-0.2, 0) is 0 Å². The Balaban J connectivity index is 2.89. The standard InChI is InChI=1S/C9H9Br2Cl2NO2/c10-7-5(12)1-6(8(11)9(7)13)14-2-4(16)3-15/h1,4,14-16H,2-3H2. The van der Waals surface area contributed by atoms with E-state index >= 15 is 0 Å². The van der Waals surface area contributed by atoms with E-state index in [-0.39, 0.29) is 13.2 Å². The lowest BCUT2D eigenvalue weighted by atomic mass is 10.3. The zero-order valence-electron chi connectivity index (χ0n) is 7.98. The molecule has 1 aromatic carbocycles. The van der Waals surface area contributed by atoms with Crippen molar-refractivity contribution < 1.29 is 10.2 Å². The van der Waals surface area contributed by atoms with Gasteiger partial charge in [0.2, 0.25) is 0 Å². The molecule has 0 spiro atoms. The van der Waals surface area contributed by atoms with Crippen molar-refractivity contribution in [1.82, 2.24) is 0 Å². The summed E-state index contributed by atoms with van der Waals surface area (Å²) in [5.41, 5.74) is 0.658. The monoisotopic (exact) mass is 391 g/mol. The average Bonchev–Trinajstić information content (AvgIpc) is 2.28. The van der Waals surface area contributed by atoms with E-state index in [9.17, 15) is 5.11 Å². The third-order valence-electron chi connectivity index (χ3n) is 1.84. The first-order chi connectivity index (χ1) is 7.47. The molecule has 0 fully saturated rings. The Morgan fingerprint density at radius 3 is 2.50 bits per heavy atom. The number of benzene rings is 1. The maximum Gasteiger partial charge on any atom is 0.0942 e. The van der Waals surface area contributed by atoms with Gasteiger partial charge in [0.1, 0.15) is 0 Å². The molecule has 0 bridgehead atoms. The number of hydrogen-bond acceptors (Lipinski definition) is 3. The van der Waals surface area contributed by atoms with Gasteiger partial charge in [0, 0.05) is 6.54 Å². The molecular formula is C9H9Br2Cl2NO2. The second-order valence-corrected chi connectivity index (χ2v) is 5.44. The number of aliphatic hydroxyl groups excluding tert-OH is 2. The van der Waals surface area contributed by atoms with Gasteiger partial charge in [0.25, 0.3) is 0 Å². The molecule has 90 valence electrons. The van der Waals surface area contributed by atoms with E-state index in [1.54, 1.807) is 6.07 Å². The fourth-order valence-electron chi connectivity index (χ4n) is 0.994. The van der Waals surface area contributed by atoms with Gasteiger partial charge in [0.15, 0.2) is 0 Å². The predicted molar refractivity (Wildman–Crippen MR) is 73.4 cm³/mol. The van der Waals surface area contributed by atoms with E-state index in [4.69, 9.17) is 28.3 Å². The van der Waals surface area contributed by atoms with Crippen LogP contribution in [0.4, 0.5) is 5.69 Å². The molecule has 0 heterocycles. The van der Waals surface area contributed by atoms with Gasteiger partial charge in [-0.3, -0.25) is 0 Å². The van der Waals surface area contributed by atoms with Crippen LogP contribution >= 0.6 is 55.1 Å². The molecule has 1 atom stereocenters. The molecule has 0 aromatic heterocycles. The Morgan fingerprint density at radius 2 is 1.94 bits per heavy atom. The Morgan fingerprint density at radius 1 is 1.31 bits per heavy atom. The summed E-state index contributed by atoms with van der Waals surface area (Å²) in [5.74, 6) is 0. The van der Waals surface area contributed by atoms with E-state index in [2.05, 4.69) is 37.2 Å². The fourth-order valence-corrected chi connectivity index (χ4v) is 2.48. The highest BCUT2D eigenvalue weighted by atomic mass is 79.9. The van der Waals surface area contributed by atoms with Gasteiger partial charge in [-0.05, 0) is 37.9 Å². The van der Waals surface area contributed by atoms with Crippen LogP contribution in [0.2, 0.25) is 10.0 Å². The first kappa shape index (κ1) is 14.5. The zero-order chi connectivity index (χ0) is 12.3. The second kappa shape index (κ2) is 6.42. The maximum absolute atomic E-state index is 9.20. The number of halogens is 4. The van der Waals surface area contributed by atoms with Crippen molar-refractivity contribution in [3.05, 3.63) is 25.1 Å². The first-order valence-electron chi connectivity index (χ1n) is 4.33. The first-order valence-corrected chi connectivity index (χ1v) is 6.67. The van der Waals surface area contributed by atoms with Crippen molar-refractivity contribution in [3.63, 3.8) is 0 Å². The van der Waals surface area contributed by atoms with Gasteiger partial charge < -0.3 is 15.5 Å². The van der Waals surface area contributed by atoms with Crippen LogP contribution in [0.5, 0.6) is 0 Å². The van der Waals surface area contributed by atoms with Gasteiger partial charge in [-0.1, -0.05) is 23.2 Å². The molecule has 16 heavy (non-hydrogen) atoms. The van der Waals surface area contributed by atoms with Gasteiger partial charge >= 0.3 is 0 Å². The van der Waals surface area contributed by atoms with E-state index < -0.39 is 6.10 Å². The number of rotatable bonds is 4. The highest BCUT2D eigenvalue weighted by Crippen LogP contribution is 2.40.